The van der Waals surface area contributed by atoms with Crippen molar-refractivity contribution in [2.45, 2.75) is 71.6 Å². The number of carbonyl (C=O) groups is 2. The van der Waals surface area contributed by atoms with Gasteiger partial charge in [0.15, 0.2) is 5.41 Å². The van der Waals surface area contributed by atoms with Gasteiger partial charge in [0.1, 0.15) is 5.82 Å². The van der Waals surface area contributed by atoms with Gasteiger partial charge in [-0.1, -0.05) is 38.7 Å². The van der Waals surface area contributed by atoms with Crippen LogP contribution in [0.1, 0.15) is 76.3 Å². The average molecular weight is 378 g/mol. The summed E-state index contributed by atoms with van der Waals surface area (Å²) >= 11 is 0. The molecule has 0 heterocycles. The molecule has 1 aromatic rings. The second-order valence-corrected chi connectivity index (χ2v) is 7.29. The van der Waals surface area contributed by atoms with Crippen LogP contribution in [0.3, 0.4) is 0 Å². The maximum atomic E-state index is 13.9. The SMILES string of the molecule is CCCCCC[C@@H]1CC(C(=O)OCC)(C(=O)OCC)Cc2cc(F)ccc21. The average Bonchev–Trinajstić information content (AvgIpc) is 2.64. The molecule has 0 bridgehead atoms. The molecule has 1 aliphatic rings. The van der Waals surface area contributed by atoms with E-state index in [4.69, 9.17) is 9.47 Å². The van der Waals surface area contributed by atoms with Crippen molar-refractivity contribution in [3.05, 3.63) is 35.1 Å². The molecule has 0 radical (unpaired) electrons. The Balaban J connectivity index is 2.39. The Bertz CT molecular complexity index is 638. The van der Waals surface area contributed by atoms with E-state index >= 15 is 0 Å². The van der Waals surface area contributed by atoms with Crippen molar-refractivity contribution in [3.8, 4) is 0 Å². The lowest BCUT2D eigenvalue weighted by molar-refractivity contribution is -0.173. The number of rotatable bonds is 9. The van der Waals surface area contributed by atoms with Crippen molar-refractivity contribution in [1.29, 1.82) is 0 Å². The van der Waals surface area contributed by atoms with E-state index in [1.165, 1.54) is 12.1 Å². The highest BCUT2D eigenvalue weighted by molar-refractivity contribution is 6.01. The lowest BCUT2D eigenvalue weighted by Crippen LogP contribution is -2.47. The zero-order valence-electron chi connectivity index (χ0n) is 16.7. The van der Waals surface area contributed by atoms with E-state index < -0.39 is 17.4 Å². The first-order valence-electron chi connectivity index (χ1n) is 10.1. The first-order chi connectivity index (χ1) is 13.0. The summed E-state index contributed by atoms with van der Waals surface area (Å²) in [5.74, 6) is -1.46. The zero-order valence-corrected chi connectivity index (χ0v) is 16.7. The first-order valence-corrected chi connectivity index (χ1v) is 10.1. The quantitative estimate of drug-likeness (QED) is 0.347. The number of unbranched alkanes of at least 4 members (excludes halogenated alkanes) is 3. The van der Waals surface area contributed by atoms with Gasteiger partial charge in [-0.15, -0.1) is 0 Å². The Labute approximate surface area is 161 Å². The fraction of sp³-hybridized carbons (Fsp3) is 0.636. The molecule has 5 heteroatoms. The van der Waals surface area contributed by atoms with Crippen LogP contribution in [0, 0.1) is 11.2 Å². The van der Waals surface area contributed by atoms with Crippen LogP contribution in [0.15, 0.2) is 18.2 Å². The van der Waals surface area contributed by atoms with Gasteiger partial charge in [-0.2, -0.15) is 0 Å². The Morgan fingerprint density at radius 1 is 1.07 bits per heavy atom. The number of hydrogen-bond donors (Lipinski definition) is 0. The minimum absolute atomic E-state index is 0.0139. The third kappa shape index (κ3) is 4.88. The number of esters is 2. The molecule has 150 valence electrons. The molecule has 0 aliphatic heterocycles. The molecular weight excluding hydrogens is 347 g/mol. The summed E-state index contributed by atoms with van der Waals surface area (Å²) in [6.45, 7) is 5.98. The van der Waals surface area contributed by atoms with E-state index in [0.717, 1.165) is 37.7 Å². The number of ether oxygens (including phenoxy) is 2. The second kappa shape index (κ2) is 9.86. The van der Waals surface area contributed by atoms with Crippen molar-refractivity contribution in [1.82, 2.24) is 0 Å². The molecule has 0 unspecified atom stereocenters. The predicted octanol–water partition coefficient (Wildman–Crippen LogP) is 4.94. The lowest BCUT2D eigenvalue weighted by Gasteiger charge is -2.38. The van der Waals surface area contributed by atoms with Crippen LogP contribution in [0.4, 0.5) is 4.39 Å². The number of benzene rings is 1. The molecule has 27 heavy (non-hydrogen) atoms. The fourth-order valence-electron chi connectivity index (χ4n) is 4.06. The van der Waals surface area contributed by atoms with Crippen LogP contribution < -0.4 is 0 Å². The Morgan fingerprint density at radius 2 is 1.74 bits per heavy atom. The summed E-state index contributed by atoms with van der Waals surface area (Å²) in [5.41, 5.74) is 0.363. The Morgan fingerprint density at radius 3 is 2.33 bits per heavy atom. The van der Waals surface area contributed by atoms with E-state index in [0.29, 0.717) is 12.0 Å². The number of hydrogen-bond acceptors (Lipinski definition) is 4. The van der Waals surface area contributed by atoms with Crippen LogP contribution in [-0.4, -0.2) is 25.2 Å². The van der Waals surface area contributed by atoms with Crippen molar-refractivity contribution in [3.63, 3.8) is 0 Å². The highest BCUT2D eigenvalue weighted by atomic mass is 19.1. The highest BCUT2D eigenvalue weighted by Gasteiger charge is 2.53. The Hall–Kier alpha value is -1.91. The topological polar surface area (TPSA) is 52.6 Å². The molecule has 0 N–H and O–H groups in total. The molecule has 0 amide bonds. The normalized spacial score (nSPS) is 17.9. The second-order valence-electron chi connectivity index (χ2n) is 7.29. The van der Waals surface area contributed by atoms with Crippen molar-refractivity contribution < 1.29 is 23.5 Å². The molecule has 0 spiro atoms. The summed E-state index contributed by atoms with van der Waals surface area (Å²) in [7, 11) is 0. The van der Waals surface area contributed by atoms with Crippen LogP contribution in [0.25, 0.3) is 0 Å². The summed E-state index contributed by atoms with van der Waals surface area (Å²) < 4.78 is 24.4. The molecule has 1 atom stereocenters. The predicted molar refractivity (Wildman–Crippen MR) is 102 cm³/mol. The molecule has 2 rings (SSSR count). The van der Waals surface area contributed by atoms with E-state index in [1.54, 1.807) is 19.9 Å². The maximum absolute atomic E-state index is 13.9. The molecule has 4 nitrogen and oxygen atoms in total. The van der Waals surface area contributed by atoms with Crippen LogP contribution in [0.2, 0.25) is 0 Å². The third-order valence-electron chi connectivity index (χ3n) is 5.37. The van der Waals surface area contributed by atoms with Gasteiger partial charge >= 0.3 is 11.9 Å². The maximum Gasteiger partial charge on any atom is 0.323 e. The summed E-state index contributed by atoms with van der Waals surface area (Å²) in [5, 5.41) is 0. The highest BCUT2D eigenvalue weighted by Crippen LogP contribution is 2.46. The van der Waals surface area contributed by atoms with Gasteiger partial charge in [0, 0.05) is 0 Å². The Kier molecular flexibility index (Phi) is 7.81. The minimum atomic E-state index is -1.39. The smallest absolute Gasteiger partial charge is 0.323 e. The molecule has 0 aromatic heterocycles. The van der Waals surface area contributed by atoms with E-state index in [2.05, 4.69) is 6.92 Å². The third-order valence-corrected chi connectivity index (χ3v) is 5.37. The van der Waals surface area contributed by atoms with Crippen LogP contribution in [0.5, 0.6) is 0 Å². The van der Waals surface area contributed by atoms with Gasteiger partial charge in [-0.3, -0.25) is 9.59 Å². The lowest BCUT2D eigenvalue weighted by atomic mass is 9.65. The first kappa shape index (κ1) is 21.4. The van der Waals surface area contributed by atoms with E-state index in [-0.39, 0.29) is 31.4 Å². The molecule has 1 aromatic carbocycles. The zero-order chi connectivity index (χ0) is 19.9. The van der Waals surface area contributed by atoms with Gasteiger partial charge in [-0.05, 0) is 62.3 Å². The summed E-state index contributed by atoms with van der Waals surface area (Å²) in [6, 6.07) is 4.70. The van der Waals surface area contributed by atoms with Gasteiger partial charge in [0.2, 0.25) is 0 Å². The molecular formula is C22H31FO4. The largest absolute Gasteiger partial charge is 0.465 e. The fourth-order valence-corrected chi connectivity index (χ4v) is 4.06. The van der Waals surface area contributed by atoms with Crippen LogP contribution in [-0.2, 0) is 25.5 Å². The number of halogens is 1. The van der Waals surface area contributed by atoms with Gasteiger partial charge in [-0.25, -0.2) is 4.39 Å². The van der Waals surface area contributed by atoms with Crippen molar-refractivity contribution in [2.75, 3.05) is 13.2 Å². The van der Waals surface area contributed by atoms with E-state index in [9.17, 15) is 14.0 Å². The molecule has 1 aliphatic carbocycles. The number of carbonyl (C=O) groups excluding carboxylic acids is 2. The summed E-state index contributed by atoms with van der Waals surface area (Å²) in [4.78, 5) is 25.7. The van der Waals surface area contributed by atoms with Gasteiger partial charge < -0.3 is 9.47 Å². The van der Waals surface area contributed by atoms with Crippen molar-refractivity contribution in [2.24, 2.45) is 5.41 Å². The standard InChI is InChI=1S/C22H31FO4/c1-4-7-8-9-10-16-14-22(20(24)26-5-2,21(25)27-6-3)15-17-13-18(23)11-12-19(16)17/h11-13,16H,4-10,14-15H2,1-3H3/t16-/m1/s1. The number of fused-ring (bicyclic) bond motifs is 1. The van der Waals surface area contributed by atoms with Gasteiger partial charge in [0.05, 0.1) is 13.2 Å². The summed E-state index contributed by atoms with van der Waals surface area (Å²) in [6.07, 6.45) is 5.76. The van der Waals surface area contributed by atoms with Crippen molar-refractivity contribution >= 4 is 11.9 Å². The molecule has 0 fully saturated rings. The molecule has 0 saturated heterocycles. The monoisotopic (exact) mass is 378 g/mol. The molecule has 0 saturated carbocycles. The van der Waals surface area contributed by atoms with Crippen LogP contribution >= 0.6 is 0 Å². The minimum Gasteiger partial charge on any atom is -0.465 e. The van der Waals surface area contributed by atoms with Gasteiger partial charge in [0.25, 0.3) is 0 Å². The van der Waals surface area contributed by atoms with E-state index in [1.807, 2.05) is 0 Å².